The highest BCUT2D eigenvalue weighted by molar-refractivity contribution is 7.05. The molecule has 1 aromatic carbocycles. The van der Waals surface area contributed by atoms with Gasteiger partial charge in [0.05, 0.1) is 5.69 Å². The minimum Gasteiger partial charge on any atom is -0.328 e. The summed E-state index contributed by atoms with van der Waals surface area (Å²) in [6.45, 7) is 2.93. The Bertz CT molecular complexity index is 896. The summed E-state index contributed by atoms with van der Waals surface area (Å²) in [5.74, 6) is 0.743. The SMILES string of the molecule is Cc1cc(C(=O)Nc2ccccc2-c2ncc3n2CCCC3)ns1. The van der Waals surface area contributed by atoms with E-state index in [1.807, 2.05) is 37.4 Å². The summed E-state index contributed by atoms with van der Waals surface area (Å²) in [5, 5.41) is 2.99. The quantitative estimate of drug-likeness (QED) is 0.788. The van der Waals surface area contributed by atoms with E-state index in [2.05, 4.69) is 19.2 Å². The molecule has 6 heteroatoms. The van der Waals surface area contributed by atoms with Crippen LogP contribution >= 0.6 is 11.5 Å². The minimum atomic E-state index is -0.183. The van der Waals surface area contributed by atoms with Gasteiger partial charge in [-0.2, -0.15) is 4.37 Å². The van der Waals surface area contributed by atoms with Crippen molar-refractivity contribution in [3.05, 3.63) is 52.8 Å². The standard InChI is InChI=1S/C18H18N4OS/c1-12-10-16(21-24-12)18(23)20-15-8-3-2-7-14(15)17-19-11-13-6-4-5-9-22(13)17/h2-3,7-8,10-11H,4-6,9H2,1H3,(H,20,23). The Morgan fingerprint density at radius 3 is 3.00 bits per heavy atom. The molecule has 5 nitrogen and oxygen atoms in total. The van der Waals surface area contributed by atoms with Crippen LogP contribution in [0.5, 0.6) is 0 Å². The first-order valence-electron chi connectivity index (χ1n) is 8.11. The molecule has 0 atom stereocenters. The molecule has 0 fully saturated rings. The number of nitrogens with zero attached hydrogens (tertiary/aromatic N) is 3. The smallest absolute Gasteiger partial charge is 0.275 e. The molecule has 4 rings (SSSR count). The van der Waals surface area contributed by atoms with Gasteiger partial charge < -0.3 is 9.88 Å². The van der Waals surface area contributed by atoms with Crippen LogP contribution in [-0.4, -0.2) is 19.8 Å². The highest BCUT2D eigenvalue weighted by atomic mass is 32.1. The van der Waals surface area contributed by atoms with Gasteiger partial charge in [-0.3, -0.25) is 4.79 Å². The third-order valence-electron chi connectivity index (χ3n) is 4.28. The van der Waals surface area contributed by atoms with Crippen molar-refractivity contribution in [1.82, 2.24) is 13.9 Å². The van der Waals surface area contributed by atoms with Crippen LogP contribution in [0, 0.1) is 6.92 Å². The lowest BCUT2D eigenvalue weighted by molar-refractivity contribution is 0.102. The van der Waals surface area contributed by atoms with Crippen LogP contribution in [0.2, 0.25) is 0 Å². The molecule has 0 saturated heterocycles. The summed E-state index contributed by atoms with van der Waals surface area (Å²) in [4.78, 5) is 18.1. The molecule has 1 aliphatic rings. The zero-order valence-corrected chi connectivity index (χ0v) is 14.3. The fourth-order valence-electron chi connectivity index (χ4n) is 3.10. The van der Waals surface area contributed by atoms with Gasteiger partial charge >= 0.3 is 0 Å². The van der Waals surface area contributed by atoms with Gasteiger partial charge in [0.2, 0.25) is 0 Å². The van der Waals surface area contributed by atoms with Gasteiger partial charge in [0.1, 0.15) is 11.5 Å². The Hall–Kier alpha value is -2.47. The number of carbonyl (C=O) groups excluding carboxylic acids is 1. The number of carbonyl (C=O) groups is 1. The second-order valence-electron chi connectivity index (χ2n) is 6.00. The average molecular weight is 338 g/mol. The van der Waals surface area contributed by atoms with E-state index in [4.69, 9.17) is 0 Å². The number of hydrogen-bond donors (Lipinski definition) is 1. The molecule has 1 aliphatic heterocycles. The largest absolute Gasteiger partial charge is 0.328 e. The van der Waals surface area contributed by atoms with E-state index < -0.39 is 0 Å². The Balaban J connectivity index is 1.68. The lowest BCUT2D eigenvalue weighted by atomic mass is 10.1. The molecule has 0 aliphatic carbocycles. The molecule has 122 valence electrons. The van der Waals surface area contributed by atoms with Crippen LogP contribution in [-0.2, 0) is 13.0 Å². The first kappa shape index (κ1) is 15.1. The first-order chi connectivity index (χ1) is 11.7. The minimum absolute atomic E-state index is 0.183. The number of nitrogens with one attached hydrogen (secondary N) is 1. The maximum Gasteiger partial charge on any atom is 0.275 e. The zero-order valence-electron chi connectivity index (χ0n) is 13.5. The summed E-state index contributed by atoms with van der Waals surface area (Å²) >= 11 is 1.34. The zero-order chi connectivity index (χ0) is 16.5. The number of amides is 1. The molecule has 0 unspecified atom stereocenters. The molecule has 1 N–H and O–H groups in total. The first-order valence-corrected chi connectivity index (χ1v) is 8.88. The number of hydrogen-bond acceptors (Lipinski definition) is 4. The molecule has 24 heavy (non-hydrogen) atoms. The predicted molar refractivity (Wildman–Crippen MR) is 95.4 cm³/mol. The van der Waals surface area contributed by atoms with Gasteiger partial charge in [0.25, 0.3) is 5.91 Å². The van der Waals surface area contributed by atoms with Crippen LogP contribution < -0.4 is 5.32 Å². The van der Waals surface area contributed by atoms with E-state index >= 15 is 0 Å². The molecular weight excluding hydrogens is 320 g/mol. The number of fused-ring (bicyclic) bond motifs is 1. The third-order valence-corrected chi connectivity index (χ3v) is 4.97. The molecule has 3 heterocycles. The summed E-state index contributed by atoms with van der Waals surface area (Å²) < 4.78 is 6.45. The molecule has 1 amide bonds. The fraction of sp³-hybridized carbons (Fsp3) is 0.278. The number of aromatic nitrogens is 3. The van der Waals surface area contributed by atoms with E-state index in [9.17, 15) is 4.79 Å². The molecule has 0 saturated carbocycles. The molecule has 0 spiro atoms. The lowest BCUT2D eigenvalue weighted by Crippen LogP contribution is -2.14. The second kappa shape index (κ2) is 6.20. The predicted octanol–water partition coefficient (Wildman–Crippen LogP) is 3.90. The highest BCUT2D eigenvalue weighted by Gasteiger charge is 2.19. The average Bonchev–Trinajstić information content (AvgIpc) is 3.22. The molecule has 0 bridgehead atoms. The maximum atomic E-state index is 12.4. The highest BCUT2D eigenvalue weighted by Crippen LogP contribution is 2.30. The monoisotopic (exact) mass is 338 g/mol. The molecular formula is C18H18N4OS. The van der Waals surface area contributed by atoms with Crippen LogP contribution in [0.4, 0.5) is 5.69 Å². The third kappa shape index (κ3) is 2.73. The summed E-state index contributed by atoms with van der Waals surface area (Å²) in [6, 6.07) is 9.62. The van der Waals surface area contributed by atoms with Crippen molar-refractivity contribution < 1.29 is 4.79 Å². The van der Waals surface area contributed by atoms with Crippen molar-refractivity contribution in [3.8, 4) is 11.4 Å². The Kier molecular flexibility index (Phi) is 3.90. The summed E-state index contributed by atoms with van der Waals surface area (Å²) in [7, 11) is 0. The van der Waals surface area contributed by atoms with Gasteiger partial charge in [-0.25, -0.2) is 4.98 Å². The van der Waals surface area contributed by atoms with E-state index in [1.165, 1.54) is 30.1 Å². The molecule has 3 aromatic rings. The van der Waals surface area contributed by atoms with Crippen LogP contribution in [0.1, 0.15) is 33.9 Å². The van der Waals surface area contributed by atoms with E-state index in [0.717, 1.165) is 34.9 Å². The van der Waals surface area contributed by atoms with Crippen molar-refractivity contribution in [1.29, 1.82) is 0 Å². The Morgan fingerprint density at radius 2 is 2.17 bits per heavy atom. The van der Waals surface area contributed by atoms with Crippen LogP contribution in [0.15, 0.2) is 36.5 Å². The number of para-hydroxylation sites is 1. The van der Waals surface area contributed by atoms with Gasteiger partial charge in [-0.15, -0.1) is 0 Å². The van der Waals surface area contributed by atoms with Crippen LogP contribution in [0.25, 0.3) is 11.4 Å². The van der Waals surface area contributed by atoms with Crippen molar-refractivity contribution in [3.63, 3.8) is 0 Å². The molecule has 0 radical (unpaired) electrons. The normalized spacial score (nSPS) is 13.5. The van der Waals surface area contributed by atoms with Crippen molar-refractivity contribution in [2.45, 2.75) is 32.7 Å². The number of aryl methyl sites for hydroxylation is 2. The fourth-order valence-corrected chi connectivity index (χ4v) is 3.64. The Labute approximate surface area is 144 Å². The Morgan fingerprint density at radius 1 is 1.29 bits per heavy atom. The van der Waals surface area contributed by atoms with Gasteiger partial charge in [-0.1, -0.05) is 12.1 Å². The number of anilines is 1. The summed E-state index contributed by atoms with van der Waals surface area (Å²) in [5.41, 5.74) is 3.45. The maximum absolute atomic E-state index is 12.4. The van der Waals surface area contributed by atoms with Gasteiger partial charge in [-0.05, 0) is 55.9 Å². The topological polar surface area (TPSA) is 59.8 Å². The van der Waals surface area contributed by atoms with Crippen molar-refractivity contribution >= 4 is 23.1 Å². The number of benzene rings is 1. The van der Waals surface area contributed by atoms with Crippen LogP contribution in [0.3, 0.4) is 0 Å². The second-order valence-corrected chi connectivity index (χ2v) is 7.01. The van der Waals surface area contributed by atoms with Crippen molar-refractivity contribution in [2.75, 3.05) is 5.32 Å². The number of rotatable bonds is 3. The molecule has 2 aromatic heterocycles. The lowest BCUT2D eigenvalue weighted by Gasteiger charge is -2.18. The van der Waals surface area contributed by atoms with Crippen molar-refractivity contribution in [2.24, 2.45) is 0 Å². The van der Waals surface area contributed by atoms with E-state index in [-0.39, 0.29) is 5.91 Å². The number of imidazole rings is 1. The van der Waals surface area contributed by atoms with E-state index in [0.29, 0.717) is 5.69 Å². The van der Waals surface area contributed by atoms with Gasteiger partial charge in [0.15, 0.2) is 0 Å². The van der Waals surface area contributed by atoms with Gasteiger partial charge in [0, 0.05) is 28.9 Å². The summed E-state index contributed by atoms with van der Waals surface area (Å²) in [6.07, 6.45) is 5.41. The van der Waals surface area contributed by atoms with E-state index in [1.54, 1.807) is 6.07 Å².